The second-order valence-electron chi connectivity index (χ2n) is 3.87. The predicted molar refractivity (Wildman–Crippen MR) is 58.0 cm³/mol. The van der Waals surface area contributed by atoms with Gasteiger partial charge in [-0.05, 0) is 18.4 Å². The fraction of sp³-hybridized carbons (Fsp3) is 0.500. The molecule has 1 saturated heterocycles. The van der Waals surface area contributed by atoms with E-state index in [0.29, 0.717) is 6.61 Å². The van der Waals surface area contributed by atoms with Crippen LogP contribution in [-0.4, -0.2) is 29.5 Å². The summed E-state index contributed by atoms with van der Waals surface area (Å²) in [5.74, 6) is 0. The zero-order chi connectivity index (χ0) is 10.5. The van der Waals surface area contributed by atoms with Crippen LogP contribution in [0.15, 0.2) is 30.3 Å². The number of aliphatic hydroxyl groups excluding tert-OH is 1. The third-order valence-electron chi connectivity index (χ3n) is 2.69. The summed E-state index contributed by atoms with van der Waals surface area (Å²) in [7, 11) is 0. The smallest absolute Gasteiger partial charge is 0.216 e. The van der Waals surface area contributed by atoms with Gasteiger partial charge in [0.15, 0.2) is 0 Å². The molecular weight excluding hydrogens is 190 g/mol. The second kappa shape index (κ2) is 5.26. The van der Waals surface area contributed by atoms with E-state index >= 15 is 0 Å². The molecular formula is C12H17NO2. The van der Waals surface area contributed by atoms with Crippen LogP contribution in [0.1, 0.15) is 18.4 Å². The van der Waals surface area contributed by atoms with Crippen LogP contribution in [0.25, 0.3) is 0 Å². The third-order valence-corrected chi connectivity index (χ3v) is 2.69. The van der Waals surface area contributed by atoms with Gasteiger partial charge in [0.05, 0.1) is 6.61 Å². The van der Waals surface area contributed by atoms with E-state index in [0.717, 1.165) is 31.5 Å². The average molecular weight is 207 g/mol. The molecule has 3 nitrogen and oxygen atoms in total. The van der Waals surface area contributed by atoms with Crippen LogP contribution in [0.5, 0.6) is 0 Å². The molecule has 0 amide bonds. The quantitative estimate of drug-likeness (QED) is 0.761. The maximum Gasteiger partial charge on any atom is 0.216 e. The Morgan fingerprint density at radius 2 is 1.87 bits per heavy atom. The number of ether oxygens (including phenoxy) is 1. The van der Waals surface area contributed by atoms with Gasteiger partial charge in [0.2, 0.25) is 6.41 Å². The van der Waals surface area contributed by atoms with Gasteiger partial charge in [-0.15, -0.1) is 0 Å². The van der Waals surface area contributed by atoms with Gasteiger partial charge >= 0.3 is 0 Å². The lowest BCUT2D eigenvalue weighted by Crippen LogP contribution is -2.34. The highest BCUT2D eigenvalue weighted by Gasteiger charge is 2.19. The van der Waals surface area contributed by atoms with E-state index in [1.165, 1.54) is 0 Å². The van der Waals surface area contributed by atoms with Gasteiger partial charge in [0.25, 0.3) is 0 Å². The SMILES string of the molecule is OC(OCc1ccccc1)N1CCCC1. The lowest BCUT2D eigenvalue weighted by Gasteiger charge is -2.22. The Morgan fingerprint density at radius 1 is 1.20 bits per heavy atom. The molecule has 1 aliphatic rings. The number of hydrogen-bond donors (Lipinski definition) is 1. The molecule has 1 heterocycles. The Balaban J connectivity index is 1.77. The Labute approximate surface area is 90.3 Å². The first-order valence-corrected chi connectivity index (χ1v) is 5.44. The maximum atomic E-state index is 9.71. The summed E-state index contributed by atoms with van der Waals surface area (Å²) < 4.78 is 5.39. The third kappa shape index (κ3) is 3.02. The highest BCUT2D eigenvalue weighted by Crippen LogP contribution is 2.12. The maximum absolute atomic E-state index is 9.71. The zero-order valence-corrected chi connectivity index (χ0v) is 8.80. The van der Waals surface area contributed by atoms with Crippen molar-refractivity contribution < 1.29 is 9.84 Å². The first-order chi connectivity index (χ1) is 7.36. The predicted octanol–water partition coefficient (Wildman–Crippen LogP) is 1.57. The standard InChI is InChI=1S/C12H17NO2/c14-12(13-8-4-5-9-13)15-10-11-6-2-1-3-7-11/h1-3,6-7,12,14H,4-5,8-10H2. The Kier molecular flexibility index (Phi) is 3.72. The van der Waals surface area contributed by atoms with E-state index in [9.17, 15) is 5.11 Å². The summed E-state index contributed by atoms with van der Waals surface area (Å²) in [6.45, 7) is 2.35. The summed E-state index contributed by atoms with van der Waals surface area (Å²) in [5, 5.41) is 9.71. The van der Waals surface area contributed by atoms with Crippen molar-refractivity contribution in [3.63, 3.8) is 0 Å². The topological polar surface area (TPSA) is 32.7 Å². The molecule has 3 heteroatoms. The van der Waals surface area contributed by atoms with E-state index < -0.39 is 6.41 Å². The number of aliphatic hydroxyl groups is 1. The molecule has 1 aliphatic heterocycles. The minimum Gasteiger partial charge on any atom is -0.356 e. The monoisotopic (exact) mass is 207 g/mol. The Morgan fingerprint density at radius 3 is 2.53 bits per heavy atom. The van der Waals surface area contributed by atoms with Crippen molar-refractivity contribution in [2.24, 2.45) is 0 Å². The minimum atomic E-state index is -0.743. The Bertz CT molecular complexity index is 283. The molecule has 1 unspecified atom stereocenters. The first-order valence-electron chi connectivity index (χ1n) is 5.44. The summed E-state index contributed by atoms with van der Waals surface area (Å²) in [6.07, 6.45) is 1.57. The fourth-order valence-electron chi connectivity index (χ4n) is 1.81. The van der Waals surface area contributed by atoms with Gasteiger partial charge in [0.1, 0.15) is 0 Å². The van der Waals surface area contributed by atoms with Crippen LogP contribution in [0.4, 0.5) is 0 Å². The van der Waals surface area contributed by atoms with Gasteiger partial charge in [-0.2, -0.15) is 0 Å². The van der Waals surface area contributed by atoms with Crippen LogP contribution in [0.2, 0.25) is 0 Å². The Hall–Kier alpha value is -0.900. The normalized spacial score (nSPS) is 19.3. The lowest BCUT2D eigenvalue weighted by atomic mass is 10.2. The van der Waals surface area contributed by atoms with Gasteiger partial charge in [-0.3, -0.25) is 4.90 Å². The van der Waals surface area contributed by atoms with Crippen LogP contribution in [0.3, 0.4) is 0 Å². The summed E-state index contributed by atoms with van der Waals surface area (Å²) in [5.41, 5.74) is 1.09. The number of benzene rings is 1. The van der Waals surface area contributed by atoms with E-state index in [1.807, 2.05) is 35.2 Å². The molecule has 0 saturated carbocycles. The van der Waals surface area contributed by atoms with Crippen LogP contribution in [-0.2, 0) is 11.3 Å². The molecule has 0 radical (unpaired) electrons. The van der Waals surface area contributed by atoms with Gasteiger partial charge in [-0.25, -0.2) is 0 Å². The van der Waals surface area contributed by atoms with Crippen molar-refractivity contribution in [1.29, 1.82) is 0 Å². The van der Waals surface area contributed by atoms with Crippen molar-refractivity contribution in [3.05, 3.63) is 35.9 Å². The molecule has 15 heavy (non-hydrogen) atoms. The van der Waals surface area contributed by atoms with E-state index in [2.05, 4.69) is 0 Å². The molecule has 0 aromatic heterocycles. The molecule has 1 aromatic rings. The molecule has 82 valence electrons. The van der Waals surface area contributed by atoms with Gasteiger partial charge in [0, 0.05) is 13.1 Å². The molecule has 1 fully saturated rings. The number of hydrogen-bond acceptors (Lipinski definition) is 3. The van der Waals surface area contributed by atoms with Crippen molar-refractivity contribution in [2.45, 2.75) is 25.9 Å². The minimum absolute atomic E-state index is 0.471. The fourth-order valence-corrected chi connectivity index (χ4v) is 1.81. The zero-order valence-electron chi connectivity index (χ0n) is 8.80. The highest BCUT2D eigenvalue weighted by molar-refractivity contribution is 5.13. The molecule has 1 atom stereocenters. The molecule has 2 rings (SSSR count). The first kappa shape index (κ1) is 10.6. The van der Waals surface area contributed by atoms with Crippen LogP contribution >= 0.6 is 0 Å². The summed E-state index contributed by atoms with van der Waals surface area (Å²) in [6, 6.07) is 9.91. The largest absolute Gasteiger partial charge is 0.356 e. The molecule has 0 bridgehead atoms. The molecule has 0 aliphatic carbocycles. The van der Waals surface area contributed by atoms with E-state index in [-0.39, 0.29) is 0 Å². The number of likely N-dealkylation sites (tertiary alicyclic amines) is 1. The van der Waals surface area contributed by atoms with Crippen molar-refractivity contribution in [1.82, 2.24) is 4.90 Å². The second-order valence-corrected chi connectivity index (χ2v) is 3.87. The van der Waals surface area contributed by atoms with E-state index in [4.69, 9.17) is 4.74 Å². The van der Waals surface area contributed by atoms with Crippen molar-refractivity contribution >= 4 is 0 Å². The van der Waals surface area contributed by atoms with Crippen molar-refractivity contribution in [3.8, 4) is 0 Å². The van der Waals surface area contributed by atoms with Crippen molar-refractivity contribution in [2.75, 3.05) is 13.1 Å². The molecule has 1 aromatic carbocycles. The highest BCUT2D eigenvalue weighted by atomic mass is 16.6. The van der Waals surface area contributed by atoms with Gasteiger partial charge < -0.3 is 9.84 Å². The summed E-state index contributed by atoms with van der Waals surface area (Å²) >= 11 is 0. The average Bonchev–Trinajstić information content (AvgIpc) is 2.81. The lowest BCUT2D eigenvalue weighted by molar-refractivity contribution is -0.193. The molecule has 0 spiro atoms. The number of rotatable bonds is 4. The van der Waals surface area contributed by atoms with Crippen LogP contribution in [0, 0.1) is 0 Å². The van der Waals surface area contributed by atoms with Crippen LogP contribution < -0.4 is 0 Å². The molecule has 1 N–H and O–H groups in total. The van der Waals surface area contributed by atoms with E-state index in [1.54, 1.807) is 0 Å². The summed E-state index contributed by atoms with van der Waals surface area (Å²) in [4.78, 5) is 1.96. The van der Waals surface area contributed by atoms with Gasteiger partial charge in [-0.1, -0.05) is 30.3 Å². The number of nitrogens with zero attached hydrogens (tertiary/aromatic N) is 1.